The van der Waals surface area contributed by atoms with Crippen LogP contribution in [0.15, 0.2) is 18.7 Å². The van der Waals surface area contributed by atoms with Gasteiger partial charge in [-0.25, -0.2) is 4.98 Å². The number of aromatic nitrogens is 5. The first kappa shape index (κ1) is 12.8. The zero-order valence-electron chi connectivity index (χ0n) is 10.6. The Hall–Kier alpha value is -2.69. The van der Waals surface area contributed by atoms with Crippen molar-refractivity contribution in [3.05, 3.63) is 18.7 Å². The van der Waals surface area contributed by atoms with Gasteiger partial charge in [0, 0.05) is 25.5 Å². The zero-order valence-corrected chi connectivity index (χ0v) is 10.6. The summed E-state index contributed by atoms with van der Waals surface area (Å²) in [7, 11) is 0. The van der Waals surface area contributed by atoms with E-state index in [1.54, 1.807) is 23.3 Å². The summed E-state index contributed by atoms with van der Waals surface area (Å²) in [6, 6.07) is 2.10. The summed E-state index contributed by atoms with van der Waals surface area (Å²) in [5.74, 6) is 1.02. The average molecular weight is 258 g/mol. The Morgan fingerprint density at radius 3 is 2.89 bits per heavy atom. The van der Waals surface area contributed by atoms with Crippen molar-refractivity contribution in [3.8, 4) is 12.0 Å². The van der Waals surface area contributed by atoms with Gasteiger partial charge in [0.25, 0.3) is 0 Å². The van der Waals surface area contributed by atoms with E-state index in [9.17, 15) is 0 Å². The number of hydrogen-bond acceptors (Lipinski definition) is 7. The number of anilines is 2. The number of hydrogen-bond donors (Lipinski definition) is 1. The largest absolute Gasteiger partial charge is 0.368 e. The van der Waals surface area contributed by atoms with E-state index in [0.717, 1.165) is 0 Å². The van der Waals surface area contributed by atoms with Gasteiger partial charge in [0.1, 0.15) is 6.33 Å². The van der Waals surface area contributed by atoms with Crippen molar-refractivity contribution >= 4 is 11.9 Å². The summed E-state index contributed by atoms with van der Waals surface area (Å²) < 4.78 is 1.65. The number of nitrogens with zero attached hydrogens (tertiary/aromatic N) is 7. The van der Waals surface area contributed by atoms with E-state index in [4.69, 9.17) is 11.0 Å². The molecule has 2 rings (SSSR count). The molecular formula is C11H14N8. The summed E-state index contributed by atoms with van der Waals surface area (Å²) in [6.45, 7) is 3.21. The molecule has 2 heterocycles. The van der Waals surface area contributed by atoms with Gasteiger partial charge in [-0.3, -0.25) is 4.57 Å². The molecule has 8 nitrogen and oxygen atoms in total. The fourth-order valence-electron chi connectivity index (χ4n) is 1.59. The first-order valence-corrected chi connectivity index (χ1v) is 5.86. The second kappa shape index (κ2) is 5.77. The van der Waals surface area contributed by atoms with Crippen molar-refractivity contribution in [3.63, 3.8) is 0 Å². The van der Waals surface area contributed by atoms with Gasteiger partial charge in [-0.2, -0.15) is 20.2 Å². The molecule has 0 aliphatic rings. The monoisotopic (exact) mass is 258 g/mol. The van der Waals surface area contributed by atoms with Gasteiger partial charge in [0.15, 0.2) is 0 Å². The number of rotatable bonds is 5. The molecule has 2 aromatic rings. The van der Waals surface area contributed by atoms with Crippen LogP contribution in [-0.2, 0) is 0 Å². The summed E-state index contributed by atoms with van der Waals surface area (Å²) in [5.41, 5.74) is 5.70. The molecule has 2 aromatic heterocycles. The lowest BCUT2D eigenvalue weighted by molar-refractivity contribution is 0.774. The second-order valence-electron chi connectivity index (χ2n) is 3.75. The van der Waals surface area contributed by atoms with Crippen molar-refractivity contribution in [1.82, 2.24) is 24.5 Å². The summed E-state index contributed by atoms with van der Waals surface area (Å²) in [5, 5.41) is 8.65. The zero-order chi connectivity index (χ0) is 13.7. The fourth-order valence-corrected chi connectivity index (χ4v) is 1.59. The lowest BCUT2D eigenvalue weighted by Crippen LogP contribution is -2.27. The van der Waals surface area contributed by atoms with Gasteiger partial charge in [0.2, 0.25) is 17.8 Å². The van der Waals surface area contributed by atoms with Crippen molar-refractivity contribution in [2.45, 2.75) is 13.3 Å². The van der Waals surface area contributed by atoms with E-state index in [1.807, 2.05) is 11.8 Å². The van der Waals surface area contributed by atoms with Gasteiger partial charge >= 0.3 is 0 Å². The third kappa shape index (κ3) is 2.95. The maximum absolute atomic E-state index is 8.65. The molecule has 0 unspecified atom stereocenters. The Balaban J connectivity index is 2.33. The smallest absolute Gasteiger partial charge is 0.241 e. The van der Waals surface area contributed by atoms with Crippen LogP contribution in [-0.4, -0.2) is 37.6 Å². The highest BCUT2D eigenvalue weighted by molar-refractivity contribution is 5.37. The molecule has 0 aliphatic heterocycles. The second-order valence-corrected chi connectivity index (χ2v) is 3.75. The van der Waals surface area contributed by atoms with Gasteiger partial charge in [-0.15, -0.1) is 0 Å². The van der Waals surface area contributed by atoms with E-state index in [1.165, 1.54) is 0 Å². The minimum atomic E-state index is 0.143. The molecule has 8 heteroatoms. The van der Waals surface area contributed by atoms with E-state index in [0.29, 0.717) is 31.4 Å². The molecule has 0 fully saturated rings. The number of nitrogen functional groups attached to an aromatic ring is 1. The lowest BCUT2D eigenvalue weighted by Gasteiger charge is -2.19. The quantitative estimate of drug-likeness (QED) is 0.825. The Kier molecular flexibility index (Phi) is 3.87. The maximum Gasteiger partial charge on any atom is 0.241 e. The number of imidazole rings is 1. The van der Waals surface area contributed by atoms with Crippen LogP contribution in [0.5, 0.6) is 0 Å². The Bertz CT molecular complexity index is 571. The molecule has 0 amide bonds. The Morgan fingerprint density at radius 1 is 1.42 bits per heavy atom. The van der Waals surface area contributed by atoms with Crippen LogP contribution in [0, 0.1) is 11.3 Å². The molecule has 0 aliphatic carbocycles. The highest BCUT2D eigenvalue weighted by atomic mass is 15.3. The molecule has 0 spiro atoms. The number of nitriles is 1. The van der Waals surface area contributed by atoms with Crippen LogP contribution in [0.3, 0.4) is 0 Å². The lowest BCUT2D eigenvalue weighted by atomic mass is 10.4. The van der Waals surface area contributed by atoms with Crippen LogP contribution in [0.2, 0.25) is 0 Å². The fraction of sp³-hybridized carbons (Fsp3) is 0.364. The predicted octanol–water partition coefficient (Wildman–Crippen LogP) is 0.379. The number of nitrogens with two attached hydrogens (primary N) is 1. The van der Waals surface area contributed by atoms with Crippen LogP contribution in [0.4, 0.5) is 11.9 Å². The van der Waals surface area contributed by atoms with Crippen LogP contribution in [0.1, 0.15) is 13.3 Å². The van der Waals surface area contributed by atoms with Crippen molar-refractivity contribution in [1.29, 1.82) is 5.26 Å². The third-order valence-corrected chi connectivity index (χ3v) is 2.52. The molecule has 0 aromatic carbocycles. The van der Waals surface area contributed by atoms with Crippen LogP contribution in [0.25, 0.3) is 5.95 Å². The van der Waals surface area contributed by atoms with Crippen molar-refractivity contribution < 1.29 is 0 Å². The Labute approximate surface area is 110 Å². The van der Waals surface area contributed by atoms with Crippen LogP contribution >= 0.6 is 0 Å². The van der Waals surface area contributed by atoms with E-state index < -0.39 is 0 Å². The topological polar surface area (TPSA) is 110 Å². The molecule has 0 bridgehead atoms. The predicted molar refractivity (Wildman–Crippen MR) is 69.5 cm³/mol. The SMILES string of the molecule is CCN(CCC#N)c1nc(N)nc(-n2ccnc2)n1. The first-order chi connectivity index (χ1) is 9.24. The summed E-state index contributed by atoms with van der Waals surface area (Å²) in [6.07, 6.45) is 5.35. The van der Waals surface area contributed by atoms with E-state index >= 15 is 0 Å². The summed E-state index contributed by atoms with van der Waals surface area (Å²) >= 11 is 0. The third-order valence-electron chi connectivity index (χ3n) is 2.52. The molecule has 0 saturated carbocycles. The van der Waals surface area contributed by atoms with Crippen molar-refractivity contribution in [2.24, 2.45) is 0 Å². The molecule has 0 radical (unpaired) electrons. The van der Waals surface area contributed by atoms with E-state index in [2.05, 4.69) is 26.0 Å². The molecule has 0 atom stereocenters. The Morgan fingerprint density at radius 2 is 2.26 bits per heavy atom. The minimum absolute atomic E-state index is 0.143. The normalized spacial score (nSPS) is 10.1. The van der Waals surface area contributed by atoms with Crippen LogP contribution < -0.4 is 10.6 Å². The maximum atomic E-state index is 8.65. The van der Waals surface area contributed by atoms with Gasteiger partial charge in [0.05, 0.1) is 12.5 Å². The molecular weight excluding hydrogens is 244 g/mol. The van der Waals surface area contributed by atoms with Gasteiger partial charge < -0.3 is 10.6 Å². The molecule has 2 N–H and O–H groups in total. The average Bonchev–Trinajstić information content (AvgIpc) is 2.93. The molecule has 19 heavy (non-hydrogen) atoms. The van der Waals surface area contributed by atoms with Gasteiger partial charge in [-0.1, -0.05) is 0 Å². The molecule has 98 valence electrons. The standard InChI is InChI=1S/C11H14N8/c1-2-18(6-3-4-12)10-15-9(13)16-11(17-10)19-7-5-14-8-19/h5,7-8H,2-3,6H2,1H3,(H2,13,15,16,17). The highest BCUT2D eigenvalue weighted by Crippen LogP contribution is 2.11. The van der Waals surface area contributed by atoms with E-state index in [-0.39, 0.29) is 5.95 Å². The highest BCUT2D eigenvalue weighted by Gasteiger charge is 2.11. The first-order valence-electron chi connectivity index (χ1n) is 5.86. The summed E-state index contributed by atoms with van der Waals surface area (Å²) in [4.78, 5) is 18.3. The molecule has 0 saturated heterocycles. The van der Waals surface area contributed by atoms with Gasteiger partial charge in [-0.05, 0) is 6.92 Å². The van der Waals surface area contributed by atoms with Crippen molar-refractivity contribution in [2.75, 3.05) is 23.7 Å². The minimum Gasteiger partial charge on any atom is -0.368 e.